The van der Waals surface area contributed by atoms with Gasteiger partial charge in [0.1, 0.15) is 0 Å². The summed E-state index contributed by atoms with van der Waals surface area (Å²) >= 11 is 1.26. The summed E-state index contributed by atoms with van der Waals surface area (Å²) in [5, 5.41) is 3.69. The van der Waals surface area contributed by atoms with Crippen LogP contribution in [0.5, 0.6) is 0 Å². The van der Waals surface area contributed by atoms with Gasteiger partial charge in [0.25, 0.3) is 5.91 Å². The number of nitrogens with zero attached hydrogens (tertiary/aromatic N) is 3. The highest BCUT2D eigenvalue weighted by atomic mass is 32.1. The summed E-state index contributed by atoms with van der Waals surface area (Å²) in [5.41, 5.74) is -1.29. The van der Waals surface area contributed by atoms with E-state index in [1.807, 2.05) is 18.2 Å². The van der Waals surface area contributed by atoms with Crippen molar-refractivity contribution in [2.45, 2.75) is 6.18 Å². The van der Waals surface area contributed by atoms with Crippen LogP contribution in [-0.4, -0.2) is 54.8 Å². The topological polar surface area (TPSA) is 62.2 Å². The molecule has 0 radical (unpaired) electrons. The van der Waals surface area contributed by atoms with Crippen molar-refractivity contribution >= 4 is 40.0 Å². The molecule has 6 nitrogen and oxygen atoms in total. The van der Waals surface area contributed by atoms with Gasteiger partial charge >= 0.3 is 12.1 Å². The maximum Gasteiger partial charge on any atom is 0.437 e. The molecule has 0 atom stereocenters. The molecule has 0 spiro atoms. The Balaban J connectivity index is 1.43. The van der Waals surface area contributed by atoms with Gasteiger partial charge in [-0.3, -0.25) is 4.79 Å². The van der Waals surface area contributed by atoms with Crippen LogP contribution in [0.4, 0.5) is 18.2 Å². The van der Waals surface area contributed by atoms with Crippen molar-refractivity contribution < 1.29 is 27.6 Å². The fourth-order valence-electron chi connectivity index (χ4n) is 3.24. The lowest BCUT2D eigenvalue weighted by atomic mass is 10.1. The normalized spacial score (nSPS) is 18.6. The van der Waals surface area contributed by atoms with E-state index in [2.05, 4.69) is 14.9 Å². The quantitative estimate of drug-likeness (QED) is 0.546. The molecular formula is C20H16F3N3O3S. The van der Waals surface area contributed by atoms with Gasteiger partial charge in [-0.2, -0.15) is 13.2 Å². The van der Waals surface area contributed by atoms with Crippen LogP contribution in [0.3, 0.4) is 0 Å². The molecule has 10 heteroatoms. The number of benzene rings is 1. The van der Waals surface area contributed by atoms with Crippen LogP contribution in [0.1, 0.15) is 15.2 Å². The third-order valence-electron chi connectivity index (χ3n) is 4.76. The minimum atomic E-state index is -4.76. The Morgan fingerprint density at radius 2 is 1.77 bits per heavy atom. The van der Waals surface area contributed by atoms with Gasteiger partial charge in [-0.1, -0.05) is 23.4 Å². The van der Waals surface area contributed by atoms with Gasteiger partial charge < -0.3 is 14.6 Å². The molecule has 30 heavy (non-hydrogen) atoms. The van der Waals surface area contributed by atoms with E-state index in [1.165, 1.54) is 11.3 Å². The van der Waals surface area contributed by atoms with E-state index < -0.39 is 23.4 Å². The number of carbonyl (C=O) groups excluding carboxylic acids is 2. The van der Waals surface area contributed by atoms with Crippen molar-refractivity contribution in [3.63, 3.8) is 0 Å². The molecule has 0 N–H and O–H groups in total. The predicted molar refractivity (Wildman–Crippen MR) is 106 cm³/mol. The lowest BCUT2D eigenvalue weighted by Crippen LogP contribution is -2.48. The van der Waals surface area contributed by atoms with E-state index in [9.17, 15) is 22.8 Å². The van der Waals surface area contributed by atoms with Crippen molar-refractivity contribution in [2.75, 3.05) is 31.1 Å². The van der Waals surface area contributed by atoms with E-state index in [1.54, 1.807) is 29.2 Å². The Kier molecular flexibility index (Phi) is 5.33. The minimum Gasteiger partial charge on any atom is -0.360 e. The molecular weight excluding hydrogens is 419 g/mol. The second kappa shape index (κ2) is 7.94. The summed E-state index contributed by atoms with van der Waals surface area (Å²) in [7, 11) is 0. The van der Waals surface area contributed by atoms with Crippen LogP contribution < -0.4 is 4.90 Å². The molecule has 1 amide bonds. The summed E-state index contributed by atoms with van der Waals surface area (Å²) in [6.45, 7) is 2.29. The van der Waals surface area contributed by atoms with E-state index in [0.29, 0.717) is 36.6 Å². The van der Waals surface area contributed by atoms with Crippen LogP contribution in [0.15, 0.2) is 53.2 Å². The zero-order valence-electron chi connectivity index (χ0n) is 15.6. The maximum atomic E-state index is 13.0. The first-order chi connectivity index (χ1) is 14.3. The van der Waals surface area contributed by atoms with Gasteiger partial charge in [-0.15, -0.1) is 11.3 Å². The van der Waals surface area contributed by atoms with E-state index in [4.69, 9.17) is 0 Å². The zero-order chi connectivity index (χ0) is 21.3. The summed E-state index contributed by atoms with van der Waals surface area (Å²) < 4.78 is 38.9. The molecule has 0 aliphatic carbocycles. The van der Waals surface area contributed by atoms with Crippen molar-refractivity contribution in [2.24, 2.45) is 5.16 Å². The molecule has 2 aliphatic rings. The fourth-order valence-corrected chi connectivity index (χ4v) is 4.24. The predicted octanol–water partition coefficient (Wildman–Crippen LogP) is 3.57. The van der Waals surface area contributed by atoms with Crippen LogP contribution in [-0.2, 0) is 9.63 Å². The molecule has 0 unspecified atom stereocenters. The number of halogens is 3. The lowest BCUT2D eigenvalue weighted by molar-refractivity contribution is -0.136. The van der Waals surface area contributed by atoms with Crippen molar-refractivity contribution in [3.8, 4) is 0 Å². The van der Waals surface area contributed by atoms with Gasteiger partial charge in [-0.05, 0) is 30.3 Å². The van der Waals surface area contributed by atoms with Gasteiger partial charge in [0, 0.05) is 36.6 Å². The monoisotopic (exact) mass is 435 g/mol. The minimum absolute atomic E-state index is 0.0226. The van der Waals surface area contributed by atoms with E-state index in [-0.39, 0.29) is 5.91 Å². The molecule has 1 aromatic heterocycles. The number of anilines is 1. The second-order valence-electron chi connectivity index (χ2n) is 6.70. The summed E-state index contributed by atoms with van der Waals surface area (Å²) in [4.78, 5) is 32.7. The van der Waals surface area contributed by atoms with E-state index in [0.717, 1.165) is 11.1 Å². The van der Waals surface area contributed by atoms with Crippen LogP contribution >= 0.6 is 11.3 Å². The Bertz CT molecular complexity index is 1020. The third kappa shape index (κ3) is 4.09. The summed E-state index contributed by atoms with van der Waals surface area (Å²) in [6, 6.07) is 12.5. The number of rotatable bonds is 3. The van der Waals surface area contributed by atoms with Crippen molar-refractivity contribution in [1.29, 1.82) is 0 Å². The number of alkyl halides is 3. The Labute approximate surface area is 173 Å². The van der Waals surface area contributed by atoms with Gasteiger partial charge in [0.05, 0.1) is 10.6 Å². The number of hydrogen-bond acceptors (Lipinski definition) is 6. The molecule has 4 rings (SSSR count). The standard InChI is InChI=1S/C20H16F3N3O3S/c21-20(22,23)17-15(19(28)29-24-17)12-14-6-7-16(30-14)25-8-10-26(11-9-25)18(27)13-4-2-1-3-5-13/h1-7,12H,8-11H2. The number of piperazine rings is 1. The number of amides is 1. The first-order valence-electron chi connectivity index (χ1n) is 9.10. The molecule has 2 aromatic rings. The average molecular weight is 435 g/mol. The molecule has 1 fully saturated rings. The van der Waals surface area contributed by atoms with Crippen LogP contribution in [0.2, 0.25) is 0 Å². The Hall–Kier alpha value is -3.14. The first kappa shape index (κ1) is 20.1. The summed E-state index contributed by atoms with van der Waals surface area (Å²) in [5.74, 6) is -1.14. The largest absolute Gasteiger partial charge is 0.437 e. The van der Waals surface area contributed by atoms with Gasteiger partial charge in [0.15, 0.2) is 5.71 Å². The summed E-state index contributed by atoms with van der Waals surface area (Å²) in [6.07, 6.45) is -3.62. The van der Waals surface area contributed by atoms with Crippen molar-refractivity contribution in [1.82, 2.24) is 4.90 Å². The van der Waals surface area contributed by atoms with Gasteiger partial charge in [-0.25, -0.2) is 4.79 Å². The highest BCUT2D eigenvalue weighted by Gasteiger charge is 2.45. The number of thiophene rings is 1. The number of hydrogen-bond donors (Lipinski definition) is 0. The highest BCUT2D eigenvalue weighted by Crippen LogP contribution is 2.32. The Morgan fingerprint density at radius 3 is 2.43 bits per heavy atom. The van der Waals surface area contributed by atoms with E-state index >= 15 is 0 Å². The molecule has 1 aromatic carbocycles. The molecule has 0 bridgehead atoms. The molecule has 0 saturated carbocycles. The third-order valence-corrected chi connectivity index (χ3v) is 5.85. The fraction of sp³-hybridized carbons (Fsp3) is 0.250. The molecule has 3 heterocycles. The first-order valence-corrected chi connectivity index (χ1v) is 9.92. The number of carbonyl (C=O) groups is 2. The van der Waals surface area contributed by atoms with Gasteiger partial charge in [0.2, 0.25) is 0 Å². The smallest absolute Gasteiger partial charge is 0.360 e. The second-order valence-corrected chi connectivity index (χ2v) is 7.79. The van der Waals surface area contributed by atoms with Crippen LogP contribution in [0, 0.1) is 0 Å². The average Bonchev–Trinajstić information content (AvgIpc) is 3.35. The van der Waals surface area contributed by atoms with Crippen LogP contribution in [0.25, 0.3) is 6.08 Å². The Morgan fingerprint density at radius 1 is 1.07 bits per heavy atom. The number of oxime groups is 1. The highest BCUT2D eigenvalue weighted by molar-refractivity contribution is 7.17. The zero-order valence-corrected chi connectivity index (χ0v) is 16.4. The molecule has 2 aliphatic heterocycles. The maximum absolute atomic E-state index is 13.0. The lowest BCUT2D eigenvalue weighted by Gasteiger charge is -2.35. The molecule has 156 valence electrons. The molecule has 1 saturated heterocycles. The SMILES string of the molecule is O=C1ON=C(C(F)(F)F)C1=Cc1ccc(N2CCN(C(=O)c3ccccc3)CC2)s1. The van der Waals surface area contributed by atoms with Crippen molar-refractivity contribution in [3.05, 3.63) is 58.5 Å².